The Balaban J connectivity index is 1.92. The fourth-order valence-corrected chi connectivity index (χ4v) is 2.50. The molecule has 18 heavy (non-hydrogen) atoms. The summed E-state index contributed by atoms with van der Waals surface area (Å²) < 4.78 is 0. The van der Waals surface area contributed by atoms with Crippen LogP contribution in [0.4, 0.5) is 11.4 Å². The Morgan fingerprint density at radius 3 is 2.94 bits per heavy atom. The molecule has 4 N–H and O–H groups in total. The molecular weight excluding hydrogens is 226 g/mol. The summed E-state index contributed by atoms with van der Waals surface area (Å²) in [6, 6.07) is 7.34. The Bertz CT molecular complexity index is 453. The van der Waals surface area contributed by atoms with Crippen molar-refractivity contribution in [2.45, 2.75) is 31.8 Å². The number of hydrogen-bond donors (Lipinski definition) is 3. The van der Waals surface area contributed by atoms with Gasteiger partial charge in [0.2, 0.25) is 0 Å². The smallest absolute Gasteiger partial charge is 0.0992 e. The van der Waals surface area contributed by atoms with Crippen LogP contribution in [0.1, 0.15) is 31.2 Å². The molecule has 0 aliphatic heterocycles. The summed E-state index contributed by atoms with van der Waals surface area (Å²) in [5, 5.41) is 21.7. The van der Waals surface area contributed by atoms with Crippen molar-refractivity contribution in [3.05, 3.63) is 23.8 Å². The van der Waals surface area contributed by atoms with Gasteiger partial charge in [-0.25, -0.2) is 0 Å². The molecular formula is C14H19N3O. The minimum absolute atomic E-state index is 0.149. The van der Waals surface area contributed by atoms with E-state index in [0.29, 0.717) is 17.2 Å². The molecule has 0 spiro atoms. The van der Waals surface area contributed by atoms with Gasteiger partial charge < -0.3 is 16.2 Å². The molecule has 4 nitrogen and oxygen atoms in total. The van der Waals surface area contributed by atoms with Gasteiger partial charge in [0, 0.05) is 6.54 Å². The topological polar surface area (TPSA) is 82.1 Å². The largest absolute Gasteiger partial charge is 0.397 e. The van der Waals surface area contributed by atoms with E-state index in [1.54, 1.807) is 12.1 Å². The molecule has 0 radical (unpaired) electrons. The number of hydrogen-bond acceptors (Lipinski definition) is 4. The predicted molar refractivity (Wildman–Crippen MR) is 72.0 cm³/mol. The number of nitrogens with zero attached hydrogens (tertiary/aromatic N) is 1. The first-order valence-corrected chi connectivity index (χ1v) is 6.40. The number of benzene rings is 1. The first-order chi connectivity index (χ1) is 8.69. The van der Waals surface area contributed by atoms with Gasteiger partial charge in [-0.15, -0.1) is 0 Å². The summed E-state index contributed by atoms with van der Waals surface area (Å²) in [6.45, 7) is 0.827. The Morgan fingerprint density at radius 1 is 1.44 bits per heavy atom. The third-order valence-corrected chi connectivity index (χ3v) is 3.52. The van der Waals surface area contributed by atoms with Gasteiger partial charge in [0.25, 0.3) is 0 Å². The van der Waals surface area contributed by atoms with E-state index in [1.165, 1.54) is 0 Å². The number of nitriles is 1. The molecule has 4 heteroatoms. The number of anilines is 2. The molecule has 0 heterocycles. The monoisotopic (exact) mass is 245 g/mol. The van der Waals surface area contributed by atoms with Crippen molar-refractivity contribution >= 4 is 11.4 Å². The second kappa shape index (κ2) is 5.74. The van der Waals surface area contributed by atoms with E-state index in [2.05, 4.69) is 11.4 Å². The zero-order valence-corrected chi connectivity index (χ0v) is 10.4. The van der Waals surface area contributed by atoms with Gasteiger partial charge in [-0.1, -0.05) is 6.42 Å². The van der Waals surface area contributed by atoms with E-state index in [0.717, 1.165) is 37.9 Å². The number of aliphatic hydroxyl groups is 1. The number of rotatable bonds is 3. The Morgan fingerprint density at radius 2 is 2.28 bits per heavy atom. The molecule has 0 amide bonds. The number of nitrogens with two attached hydrogens (primary N) is 1. The van der Waals surface area contributed by atoms with Crippen molar-refractivity contribution < 1.29 is 5.11 Å². The highest BCUT2D eigenvalue weighted by molar-refractivity contribution is 5.68. The third kappa shape index (κ3) is 3.14. The van der Waals surface area contributed by atoms with Crippen LogP contribution in [0.2, 0.25) is 0 Å². The van der Waals surface area contributed by atoms with Crippen LogP contribution in [-0.2, 0) is 0 Å². The van der Waals surface area contributed by atoms with Crippen LogP contribution in [0.5, 0.6) is 0 Å². The fraction of sp³-hybridized carbons (Fsp3) is 0.500. The fourth-order valence-electron chi connectivity index (χ4n) is 2.50. The van der Waals surface area contributed by atoms with Crippen molar-refractivity contribution in [2.75, 3.05) is 17.6 Å². The maximum atomic E-state index is 9.61. The number of nitrogen functional groups attached to an aromatic ring is 1. The van der Waals surface area contributed by atoms with Gasteiger partial charge in [0.05, 0.1) is 29.1 Å². The first-order valence-electron chi connectivity index (χ1n) is 6.40. The molecule has 1 aromatic carbocycles. The number of nitrogens with one attached hydrogen (secondary N) is 1. The zero-order valence-electron chi connectivity index (χ0n) is 10.4. The van der Waals surface area contributed by atoms with Crippen LogP contribution in [0.25, 0.3) is 0 Å². The lowest BCUT2D eigenvalue weighted by atomic mass is 9.87. The molecule has 1 aliphatic carbocycles. The Labute approximate surface area is 107 Å². The Kier molecular flexibility index (Phi) is 4.06. The minimum Gasteiger partial charge on any atom is -0.397 e. The summed E-state index contributed by atoms with van der Waals surface area (Å²) in [4.78, 5) is 0. The van der Waals surface area contributed by atoms with Crippen LogP contribution >= 0.6 is 0 Å². The second-order valence-corrected chi connectivity index (χ2v) is 4.98. The van der Waals surface area contributed by atoms with Gasteiger partial charge >= 0.3 is 0 Å². The van der Waals surface area contributed by atoms with Gasteiger partial charge in [-0.2, -0.15) is 5.26 Å². The van der Waals surface area contributed by atoms with Crippen molar-refractivity contribution in [1.29, 1.82) is 5.26 Å². The van der Waals surface area contributed by atoms with Gasteiger partial charge in [-0.3, -0.25) is 0 Å². The third-order valence-electron chi connectivity index (χ3n) is 3.52. The van der Waals surface area contributed by atoms with Crippen molar-refractivity contribution in [3.63, 3.8) is 0 Å². The highest BCUT2D eigenvalue weighted by Gasteiger charge is 2.19. The average Bonchev–Trinajstić information content (AvgIpc) is 2.37. The lowest BCUT2D eigenvalue weighted by molar-refractivity contribution is 0.105. The first kappa shape index (κ1) is 12.7. The van der Waals surface area contributed by atoms with Crippen molar-refractivity contribution in [2.24, 2.45) is 5.92 Å². The van der Waals surface area contributed by atoms with Crippen LogP contribution in [0.15, 0.2) is 18.2 Å². The van der Waals surface area contributed by atoms with Crippen molar-refractivity contribution in [3.8, 4) is 6.07 Å². The minimum atomic E-state index is -0.149. The van der Waals surface area contributed by atoms with Crippen LogP contribution in [0.3, 0.4) is 0 Å². The van der Waals surface area contributed by atoms with Gasteiger partial charge in [0.1, 0.15) is 0 Å². The summed E-state index contributed by atoms with van der Waals surface area (Å²) in [5.74, 6) is 0.504. The molecule has 0 saturated heterocycles. The molecule has 2 rings (SSSR count). The maximum Gasteiger partial charge on any atom is 0.0992 e. The Hall–Kier alpha value is -1.73. The molecule has 2 unspecified atom stereocenters. The van der Waals surface area contributed by atoms with Crippen LogP contribution < -0.4 is 11.1 Å². The number of aliphatic hydroxyl groups excluding tert-OH is 1. The molecule has 1 fully saturated rings. The lowest BCUT2D eigenvalue weighted by Gasteiger charge is -2.26. The van der Waals surface area contributed by atoms with E-state index in [-0.39, 0.29) is 6.10 Å². The van der Waals surface area contributed by atoms with E-state index >= 15 is 0 Å². The van der Waals surface area contributed by atoms with E-state index in [1.807, 2.05) is 6.07 Å². The average molecular weight is 245 g/mol. The molecule has 96 valence electrons. The standard InChI is InChI=1S/C14H19N3O/c15-8-10-4-5-14(13(16)7-10)17-9-11-2-1-3-12(18)6-11/h4-5,7,11-12,17-18H,1-3,6,9,16H2. The molecule has 1 aliphatic rings. The van der Waals surface area contributed by atoms with Gasteiger partial charge in [-0.05, 0) is 43.4 Å². The summed E-state index contributed by atoms with van der Waals surface area (Å²) in [6.07, 6.45) is 3.89. The van der Waals surface area contributed by atoms with Gasteiger partial charge in [0.15, 0.2) is 0 Å². The predicted octanol–water partition coefficient (Wildman–Crippen LogP) is 2.10. The normalized spacial score (nSPS) is 23.3. The molecule has 1 saturated carbocycles. The molecule has 2 atom stereocenters. The molecule has 0 bridgehead atoms. The molecule has 1 aromatic rings. The SMILES string of the molecule is N#Cc1ccc(NCC2CCCC(O)C2)c(N)c1. The highest BCUT2D eigenvalue weighted by Crippen LogP contribution is 2.26. The van der Waals surface area contributed by atoms with E-state index in [9.17, 15) is 5.11 Å². The lowest BCUT2D eigenvalue weighted by Crippen LogP contribution is -2.25. The summed E-state index contributed by atoms with van der Waals surface area (Å²) >= 11 is 0. The highest BCUT2D eigenvalue weighted by atomic mass is 16.3. The van der Waals surface area contributed by atoms with E-state index < -0.39 is 0 Å². The van der Waals surface area contributed by atoms with Crippen molar-refractivity contribution in [1.82, 2.24) is 0 Å². The zero-order chi connectivity index (χ0) is 13.0. The van der Waals surface area contributed by atoms with E-state index in [4.69, 9.17) is 11.0 Å². The van der Waals surface area contributed by atoms with Crippen LogP contribution in [-0.4, -0.2) is 17.8 Å². The summed E-state index contributed by atoms with van der Waals surface area (Å²) in [5.41, 5.74) is 7.92. The molecule has 0 aromatic heterocycles. The van der Waals surface area contributed by atoms with Crippen LogP contribution in [0, 0.1) is 17.2 Å². The maximum absolute atomic E-state index is 9.61. The second-order valence-electron chi connectivity index (χ2n) is 4.98. The quantitative estimate of drug-likeness (QED) is 0.712. The summed E-state index contributed by atoms with van der Waals surface area (Å²) in [7, 11) is 0.